The van der Waals surface area contributed by atoms with Crippen LogP contribution in [0.2, 0.25) is 0 Å². The van der Waals surface area contributed by atoms with Gasteiger partial charge in [-0.1, -0.05) is 19.9 Å². The largest absolute Gasteiger partial charge is 0.370 e. The van der Waals surface area contributed by atoms with Crippen LogP contribution in [0.4, 0.5) is 5.82 Å². The number of aliphatic imine (C=N–C) groups is 1. The fraction of sp³-hybridized carbons (Fsp3) is 0.533. The van der Waals surface area contributed by atoms with Gasteiger partial charge in [0.25, 0.3) is 0 Å². The summed E-state index contributed by atoms with van der Waals surface area (Å²) in [6.07, 6.45) is 1.32. The Hall–Kier alpha value is -1.38. The molecule has 0 aliphatic carbocycles. The first-order valence-electron chi connectivity index (χ1n) is 7.24. The van der Waals surface area contributed by atoms with Crippen LogP contribution in [0.5, 0.6) is 0 Å². The average Bonchev–Trinajstić information content (AvgIpc) is 2.38. The summed E-state index contributed by atoms with van der Waals surface area (Å²) in [5.74, 6) is 1.46. The Labute approximate surface area is 149 Å². The van der Waals surface area contributed by atoms with Crippen molar-refractivity contribution in [2.45, 2.75) is 33.6 Å². The molecule has 22 heavy (non-hydrogen) atoms. The molecule has 0 bridgehead atoms. The highest BCUT2D eigenvalue weighted by atomic mass is 127. The quantitative estimate of drug-likeness (QED) is 0.359. The molecule has 1 aromatic rings. The molecule has 0 radical (unpaired) electrons. The van der Waals surface area contributed by atoms with E-state index < -0.39 is 0 Å². The lowest BCUT2D eigenvalue weighted by Gasteiger charge is -2.07. The number of carbonyl (C=O) groups excluding carboxylic acids is 1. The lowest BCUT2D eigenvalue weighted by atomic mass is 10.1. The molecule has 0 saturated carbocycles. The van der Waals surface area contributed by atoms with Gasteiger partial charge in [0.1, 0.15) is 5.82 Å². The van der Waals surface area contributed by atoms with Crippen molar-refractivity contribution in [1.82, 2.24) is 10.3 Å². The van der Waals surface area contributed by atoms with Crippen LogP contribution in [0.1, 0.15) is 32.4 Å². The molecule has 0 atom stereocenters. The van der Waals surface area contributed by atoms with E-state index in [1.165, 1.54) is 0 Å². The molecule has 1 rings (SSSR count). The van der Waals surface area contributed by atoms with Crippen molar-refractivity contribution in [2.24, 2.45) is 16.6 Å². The van der Waals surface area contributed by atoms with Gasteiger partial charge in [0, 0.05) is 25.2 Å². The van der Waals surface area contributed by atoms with E-state index in [0.717, 1.165) is 12.1 Å². The molecule has 0 aliphatic heterocycles. The van der Waals surface area contributed by atoms with E-state index in [4.69, 9.17) is 5.73 Å². The maximum Gasteiger partial charge on any atom is 0.227 e. The van der Waals surface area contributed by atoms with E-state index in [9.17, 15) is 4.79 Å². The molecular formula is C15H26IN5O. The molecule has 1 aromatic heterocycles. The molecule has 1 amide bonds. The van der Waals surface area contributed by atoms with Crippen LogP contribution in [-0.4, -0.2) is 29.9 Å². The molecule has 0 aliphatic rings. The fourth-order valence-electron chi connectivity index (χ4n) is 1.62. The SMILES string of the molecule is Cc1cccc(NC(=O)CCNC(N)=NCCC(C)C)n1.I. The first-order valence-corrected chi connectivity index (χ1v) is 7.24. The summed E-state index contributed by atoms with van der Waals surface area (Å²) >= 11 is 0. The Morgan fingerprint density at radius 3 is 2.77 bits per heavy atom. The third-order valence-corrected chi connectivity index (χ3v) is 2.80. The number of pyridine rings is 1. The monoisotopic (exact) mass is 419 g/mol. The van der Waals surface area contributed by atoms with E-state index in [1.807, 2.05) is 19.1 Å². The topological polar surface area (TPSA) is 92.4 Å². The van der Waals surface area contributed by atoms with Gasteiger partial charge >= 0.3 is 0 Å². The molecule has 1 heterocycles. The van der Waals surface area contributed by atoms with Crippen LogP contribution < -0.4 is 16.4 Å². The number of halogens is 1. The van der Waals surface area contributed by atoms with E-state index in [2.05, 4.69) is 34.5 Å². The highest BCUT2D eigenvalue weighted by molar-refractivity contribution is 14.0. The van der Waals surface area contributed by atoms with Gasteiger partial charge in [-0.2, -0.15) is 0 Å². The molecule has 0 aromatic carbocycles. The molecule has 124 valence electrons. The molecule has 0 saturated heterocycles. The molecule has 6 nitrogen and oxygen atoms in total. The minimum atomic E-state index is -0.101. The van der Waals surface area contributed by atoms with Gasteiger partial charge < -0.3 is 16.4 Å². The second-order valence-electron chi connectivity index (χ2n) is 5.34. The van der Waals surface area contributed by atoms with Gasteiger partial charge in [-0.15, -0.1) is 24.0 Å². The standard InChI is InChI=1S/C15H25N5O.HI/c1-11(2)7-9-17-15(16)18-10-8-14(21)20-13-6-4-5-12(3)19-13;/h4-6,11H,7-10H2,1-3H3,(H3,16,17,18)(H,19,20,21);1H. The summed E-state index contributed by atoms with van der Waals surface area (Å²) in [5.41, 5.74) is 6.58. The summed E-state index contributed by atoms with van der Waals surface area (Å²) in [7, 11) is 0. The van der Waals surface area contributed by atoms with Crippen molar-refractivity contribution in [3.05, 3.63) is 23.9 Å². The predicted octanol–water partition coefficient (Wildman–Crippen LogP) is 2.29. The van der Waals surface area contributed by atoms with Gasteiger partial charge in [-0.3, -0.25) is 9.79 Å². The van der Waals surface area contributed by atoms with Crippen molar-refractivity contribution >= 4 is 41.7 Å². The number of rotatable bonds is 7. The van der Waals surface area contributed by atoms with Crippen LogP contribution in [0.25, 0.3) is 0 Å². The van der Waals surface area contributed by atoms with Crippen LogP contribution in [0.15, 0.2) is 23.2 Å². The average molecular weight is 419 g/mol. The number of guanidine groups is 1. The zero-order chi connectivity index (χ0) is 15.7. The number of carbonyl (C=O) groups is 1. The van der Waals surface area contributed by atoms with Crippen LogP contribution in [-0.2, 0) is 4.79 Å². The number of nitrogens with one attached hydrogen (secondary N) is 2. The summed E-state index contributed by atoms with van der Waals surface area (Å²) < 4.78 is 0. The van der Waals surface area contributed by atoms with E-state index in [1.54, 1.807) is 6.07 Å². The van der Waals surface area contributed by atoms with Crippen molar-refractivity contribution in [2.75, 3.05) is 18.4 Å². The Kier molecular flexibility index (Phi) is 10.5. The number of anilines is 1. The molecule has 0 spiro atoms. The minimum Gasteiger partial charge on any atom is -0.370 e. The van der Waals surface area contributed by atoms with Crippen molar-refractivity contribution in [3.63, 3.8) is 0 Å². The van der Waals surface area contributed by atoms with Gasteiger partial charge in [-0.25, -0.2) is 4.98 Å². The Balaban J connectivity index is 0.00000441. The second-order valence-corrected chi connectivity index (χ2v) is 5.34. The molecule has 7 heteroatoms. The highest BCUT2D eigenvalue weighted by Gasteiger charge is 2.03. The Morgan fingerprint density at radius 2 is 2.14 bits per heavy atom. The zero-order valence-electron chi connectivity index (χ0n) is 13.4. The lowest BCUT2D eigenvalue weighted by Crippen LogP contribution is -2.34. The smallest absolute Gasteiger partial charge is 0.227 e. The minimum absolute atomic E-state index is 0. The summed E-state index contributed by atoms with van der Waals surface area (Å²) in [4.78, 5) is 20.1. The number of nitrogens with zero attached hydrogens (tertiary/aromatic N) is 2. The van der Waals surface area contributed by atoms with E-state index in [-0.39, 0.29) is 29.9 Å². The molecule has 4 N–H and O–H groups in total. The number of amides is 1. The van der Waals surface area contributed by atoms with Gasteiger partial charge in [0.05, 0.1) is 0 Å². The van der Waals surface area contributed by atoms with Crippen molar-refractivity contribution in [1.29, 1.82) is 0 Å². The van der Waals surface area contributed by atoms with Gasteiger partial charge in [-0.05, 0) is 31.4 Å². The summed E-state index contributed by atoms with van der Waals surface area (Å²) in [6.45, 7) is 7.32. The number of aryl methyl sites for hydroxylation is 1. The highest BCUT2D eigenvalue weighted by Crippen LogP contribution is 2.03. The maximum atomic E-state index is 11.7. The van der Waals surface area contributed by atoms with Gasteiger partial charge in [0.15, 0.2) is 5.96 Å². The second kappa shape index (κ2) is 11.2. The number of hydrogen-bond donors (Lipinski definition) is 3. The summed E-state index contributed by atoms with van der Waals surface area (Å²) in [6, 6.07) is 5.50. The van der Waals surface area contributed by atoms with E-state index >= 15 is 0 Å². The van der Waals surface area contributed by atoms with E-state index in [0.29, 0.717) is 37.2 Å². The number of nitrogens with two attached hydrogens (primary N) is 1. The van der Waals surface area contributed by atoms with Gasteiger partial charge in [0.2, 0.25) is 5.91 Å². The molecule has 0 fully saturated rings. The Bertz CT molecular complexity index is 491. The fourth-order valence-corrected chi connectivity index (χ4v) is 1.62. The van der Waals surface area contributed by atoms with Crippen LogP contribution >= 0.6 is 24.0 Å². The molecular weight excluding hydrogens is 393 g/mol. The maximum absolute atomic E-state index is 11.7. The third-order valence-electron chi connectivity index (χ3n) is 2.80. The van der Waals surface area contributed by atoms with Crippen molar-refractivity contribution < 1.29 is 4.79 Å². The number of hydrogen-bond acceptors (Lipinski definition) is 3. The number of aromatic nitrogens is 1. The zero-order valence-corrected chi connectivity index (χ0v) is 15.8. The molecule has 0 unspecified atom stereocenters. The van der Waals surface area contributed by atoms with Crippen molar-refractivity contribution in [3.8, 4) is 0 Å². The predicted molar refractivity (Wildman–Crippen MR) is 102 cm³/mol. The Morgan fingerprint density at radius 1 is 1.41 bits per heavy atom. The lowest BCUT2D eigenvalue weighted by molar-refractivity contribution is -0.116. The first-order chi connectivity index (χ1) is 9.97. The normalized spacial score (nSPS) is 11.0. The van der Waals surface area contributed by atoms with Crippen LogP contribution in [0, 0.1) is 12.8 Å². The summed E-state index contributed by atoms with van der Waals surface area (Å²) in [5, 5.41) is 5.67. The first kappa shape index (κ1) is 20.6. The third kappa shape index (κ3) is 9.54. The van der Waals surface area contributed by atoms with Crippen LogP contribution in [0.3, 0.4) is 0 Å².